The van der Waals surface area contributed by atoms with E-state index in [-0.39, 0.29) is 5.02 Å². The first-order valence-corrected chi connectivity index (χ1v) is 5.56. The Bertz CT molecular complexity index is 574. The average molecular weight is 266 g/mol. The maximum atomic E-state index is 13.1. The molecule has 2 rings (SSSR count). The standard InChI is InChI=1S/C13H9ClFNO2/c14-9-7-8(4-5-10(9)15)12(13(17)18)11-3-1-2-6-16-11/h1-7,12H,(H,17,18). The van der Waals surface area contributed by atoms with Crippen LogP contribution in [0.15, 0.2) is 42.6 Å². The molecule has 1 unspecified atom stereocenters. The van der Waals surface area contributed by atoms with E-state index in [1.807, 2.05) is 0 Å². The second-order valence-electron chi connectivity index (χ2n) is 3.70. The Morgan fingerprint density at radius 1 is 1.33 bits per heavy atom. The Kier molecular flexibility index (Phi) is 3.58. The molecule has 0 saturated heterocycles. The van der Waals surface area contributed by atoms with Crippen molar-refractivity contribution in [3.8, 4) is 0 Å². The van der Waals surface area contributed by atoms with Gasteiger partial charge in [-0.3, -0.25) is 9.78 Å². The highest BCUT2D eigenvalue weighted by molar-refractivity contribution is 6.30. The van der Waals surface area contributed by atoms with Crippen LogP contribution in [0.2, 0.25) is 5.02 Å². The van der Waals surface area contributed by atoms with Gasteiger partial charge in [0.1, 0.15) is 11.7 Å². The first kappa shape index (κ1) is 12.5. The molecular formula is C13H9ClFNO2. The Morgan fingerprint density at radius 3 is 2.67 bits per heavy atom. The summed E-state index contributed by atoms with van der Waals surface area (Å²) in [6.45, 7) is 0. The maximum Gasteiger partial charge on any atom is 0.317 e. The van der Waals surface area contributed by atoms with Crippen LogP contribution in [0.4, 0.5) is 4.39 Å². The summed E-state index contributed by atoms with van der Waals surface area (Å²) < 4.78 is 13.1. The molecule has 1 aromatic heterocycles. The number of hydrogen-bond donors (Lipinski definition) is 1. The van der Waals surface area contributed by atoms with E-state index < -0.39 is 17.7 Å². The lowest BCUT2D eigenvalue weighted by molar-refractivity contribution is -0.137. The van der Waals surface area contributed by atoms with Crippen molar-refractivity contribution in [3.63, 3.8) is 0 Å². The second kappa shape index (κ2) is 5.14. The second-order valence-corrected chi connectivity index (χ2v) is 4.11. The number of carbonyl (C=O) groups is 1. The SMILES string of the molecule is O=C(O)C(c1ccc(F)c(Cl)c1)c1ccccn1. The molecule has 1 atom stereocenters. The molecule has 0 bridgehead atoms. The monoisotopic (exact) mass is 265 g/mol. The van der Waals surface area contributed by atoms with Crippen LogP contribution in [0.1, 0.15) is 17.2 Å². The molecule has 0 fully saturated rings. The zero-order valence-electron chi connectivity index (χ0n) is 9.18. The normalized spacial score (nSPS) is 12.1. The van der Waals surface area contributed by atoms with Gasteiger partial charge in [-0.05, 0) is 29.8 Å². The van der Waals surface area contributed by atoms with E-state index in [9.17, 15) is 14.3 Å². The van der Waals surface area contributed by atoms with E-state index in [4.69, 9.17) is 11.6 Å². The Morgan fingerprint density at radius 2 is 2.11 bits per heavy atom. The minimum Gasteiger partial charge on any atom is -0.480 e. The van der Waals surface area contributed by atoms with Crippen LogP contribution in [0.3, 0.4) is 0 Å². The van der Waals surface area contributed by atoms with Crippen molar-refractivity contribution in [3.05, 3.63) is 64.7 Å². The summed E-state index contributed by atoms with van der Waals surface area (Å²) in [6.07, 6.45) is 1.51. The van der Waals surface area contributed by atoms with Gasteiger partial charge in [-0.2, -0.15) is 0 Å². The van der Waals surface area contributed by atoms with E-state index in [2.05, 4.69) is 4.98 Å². The fraction of sp³-hybridized carbons (Fsp3) is 0.0769. The van der Waals surface area contributed by atoms with Crippen LogP contribution in [0, 0.1) is 5.82 Å². The van der Waals surface area contributed by atoms with Crippen LogP contribution in [-0.2, 0) is 4.79 Å². The zero-order chi connectivity index (χ0) is 13.1. The van der Waals surface area contributed by atoms with Gasteiger partial charge in [-0.15, -0.1) is 0 Å². The summed E-state index contributed by atoms with van der Waals surface area (Å²) in [5, 5.41) is 9.16. The van der Waals surface area contributed by atoms with Crippen LogP contribution in [0.25, 0.3) is 0 Å². The van der Waals surface area contributed by atoms with E-state index in [0.29, 0.717) is 11.3 Å². The van der Waals surface area contributed by atoms with E-state index >= 15 is 0 Å². The molecule has 2 aromatic rings. The van der Waals surface area contributed by atoms with Gasteiger partial charge < -0.3 is 5.11 Å². The number of aromatic nitrogens is 1. The van der Waals surface area contributed by atoms with Crippen LogP contribution in [-0.4, -0.2) is 16.1 Å². The molecule has 92 valence electrons. The van der Waals surface area contributed by atoms with Gasteiger partial charge >= 0.3 is 5.97 Å². The number of carboxylic acid groups (broad SMARTS) is 1. The molecule has 0 amide bonds. The van der Waals surface area contributed by atoms with Gasteiger partial charge in [0.05, 0.1) is 10.7 Å². The molecule has 0 aliphatic heterocycles. The quantitative estimate of drug-likeness (QED) is 0.928. The molecule has 0 saturated carbocycles. The number of carboxylic acids is 1. The first-order chi connectivity index (χ1) is 8.59. The minimum atomic E-state index is -1.06. The third kappa shape index (κ3) is 2.49. The van der Waals surface area contributed by atoms with E-state index in [0.717, 1.165) is 6.07 Å². The van der Waals surface area contributed by atoms with Gasteiger partial charge in [0.15, 0.2) is 0 Å². The van der Waals surface area contributed by atoms with Crippen molar-refractivity contribution in [1.82, 2.24) is 4.98 Å². The zero-order valence-corrected chi connectivity index (χ0v) is 9.93. The molecular weight excluding hydrogens is 257 g/mol. The minimum absolute atomic E-state index is 0.102. The van der Waals surface area contributed by atoms with Crippen molar-refractivity contribution in [1.29, 1.82) is 0 Å². The fourth-order valence-corrected chi connectivity index (χ4v) is 1.87. The molecule has 3 nitrogen and oxygen atoms in total. The Hall–Kier alpha value is -1.94. The fourth-order valence-electron chi connectivity index (χ4n) is 1.68. The van der Waals surface area contributed by atoms with Crippen LogP contribution in [0.5, 0.6) is 0 Å². The number of hydrogen-bond acceptors (Lipinski definition) is 2. The lowest BCUT2D eigenvalue weighted by Crippen LogP contribution is -2.14. The number of benzene rings is 1. The predicted molar refractivity (Wildman–Crippen MR) is 65.1 cm³/mol. The maximum absolute atomic E-state index is 13.1. The molecule has 0 aliphatic carbocycles. The number of pyridine rings is 1. The summed E-state index contributed by atoms with van der Waals surface area (Å²) in [5.41, 5.74) is 0.778. The molecule has 18 heavy (non-hydrogen) atoms. The number of aliphatic carboxylic acids is 1. The van der Waals surface area contributed by atoms with Gasteiger partial charge in [-0.1, -0.05) is 23.7 Å². The summed E-state index contributed by atoms with van der Waals surface area (Å²) >= 11 is 5.66. The van der Waals surface area contributed by atoms with Gasteiger partial charge in [0.25, 0.3) is 0 Å². The molecule has 0 aliphatic rings. The highest BCUT2D eigenvalue weighted by Gasteiger charge is 2.23. The summed E-state index contributed by atoms with van der Waals surface area (Å²) in [4.78, 5) is 15.3. The lowest BCUT2D eigenvalue weighted by Gasteiger charge is -2.12. The summed E-state index contributed by atoms with van der Waals surface area (Å²) in [5.74, 6) is -2.59. The largest absolute Gasteiger partial charge is 0.480 e. The molecule has 0 radical (unpaired) electrons. The Labute approximate surface area is 108 Å². The van der Waals surface area contributed by atoms with Gasteiger partial charge in [0, 0.05) is 6.20 Å². The average Bonchev–Trinajstić information content (AvgIpc) is 2.35. The van der Waals surface area contributed by atoms with Crippen molar-refractivity contribution in [2.45, 2.75) is 5.92 Å². The van der Waals surface area contributed by atoms with E-state index in [1.54, 1.807) is 18.2 Å². The third-order valence-corrected chi connectivity index (χ3v) is 2.80. The third-order valence-electron chi connectivity index (χ3n) is 2.51. The molecule has 1 heterocycles. The smallest absolute Gasteiger partial charge is 0.317 e. The highest BCUT2D eigenvalue weighted by atomic mass is 35.5. The molecule has 0 spiro atoms. The Balaban J connectivity index is 2.49. The number of halogens is 2. The van der Waals surface area contributed by atoms with Crippen molar-refractivity contribution in [2.24, 2.45) is 0 Å². The summed E-state index contributed by atoms with van der Waals surface area (Å²) in [7, 11) is 0. The molecule has 1 aromatic carbocycles. The van der Waals surface area contributed by atoms with Crippen molar-refractivity contribution < 1.29 is 14.3 Å². The summed E-state index contributed by atoms with van der Waals surface area (Å²) in [6, 6.07) is 8.86. The number of rotatable bonds is 3. The van der Waals surface area contributed by atoms with Crippen LogP contribution < -0.4 is 0 Å². The van der Waals surface area contributed by atoms with E-state index in [1.165, 1.54) is 18.3 Å². The van der Waals surface area contributed by atoms with Gasteiger partial charge in [-0.25, -0.2) is 4.39 Å². The highest BCUT2D eigenvalue weighted by Crippen LogP contribution is 2.26. The topological polar surface area (TPSA) is 50.2 Å². The predicted octanol–water partition coefficient (Wildman–Crippen LogP) is 3.09. The molecule has 5 heteroatoms. The van der Waals surface area contributed by atoms with Gasteiger partial charge in [0.2, 0.25) is 0 Å². The molecule has 1 N–H and O–H groups in total. The van der Waals surface area contributed by atoms with Crippen molar-refractivity contribution in [2.75, 3.05) is 0 Å². The van der Waals surface area contributed by atoms with Crippen molar-refractivity contribution >= 4 is 17.6 Å². The van der Waals surface area contributed by atoms with Crippen LogP contribution >= 0.6 is 11.6 Å². The first-order valence-electron chi connectivity index (χ1n) is 5.18. The lowest BCUT2D eigenvalue weighted by atomic mass is 9.95. The number of nitrogens with zero attached hydrogens (tertiary/aromatic N) is 1.